The van der Waals surface area contributed by atoms with Gasteiger partial charge in [0.2, 0.25) is 11.8 Å². The number of nitrogens with zero attached hydrogens (tertiary/aromatic N) is 2. The Morgan fingerprint density at radius 1 is 1.10 bits per heavy atom. The highest BCUT2D eigenvalue weighted by Crippen LogP contribution is 2.31. The predicted octanol–water partition coefficient (Wildman–Crippen LogP) is 3.96. The molecular formula is C24H23N3O2. The summed E-state index contributed by atoms with van der Waals surface area (Å²) in [6.45, 7) is 2.26. The van der Waals surface area contributed by atoms with Gasteiger partial charge in [-0.2, -0.15) is 0 Å². The molecule has 0 saturated carbocycles. The number of carbonyl (C=O) groups excluding carboxylic acids is 2. The van der Waals surface area contributed by atoms with E-state index in [4.69, 9.17) is 0 Å². The molecule has 5 nitrogen and oxygen atoms in total. The standard InChI is InChI=1S/C24H23N3O2/c1-17(28)27-13-11-20-9-10-21(15-23(20)27)26-24(29)22(19-7-3-2-4-8-19)14-18-6-5-12-25-16-18/h2-10,12,15-16,22H,11,13-14H2,1H3,(H,26,29). The highest BCUT2D eigenvalue weighted by atomic mass is 16.2. The Balaban J connectivity index is 1.59. The van der Waals surface area contributed by atoms with Gasteiger partial charge in [0.25, 0.3) is 0 Å². The molecule has 2 heterocycles. The second kappa shape index (κ2) is 8.27. The minimum Gasteiger partial charge on any atom is -0.325 e. The number of hydrogen-bond donors (Lipinski definition) is 1. The highest BCUT2D eigenvalue weighted by molar-refractivity contribution is 5.98. The molecule has 1 aliphatic rings. The van der Waals surface area contributed by atoms with Gasteiger partial charge < -0.3 is 10.2 Å². The fourth-order valence-electron chi connectivity index (χ4n) is 3.82. The Labute approximate surface area is 170 Å². The molecule has 29 heavy (non-hydrogen) atoms. The molecule has 0 aliphatic carbocycles. The molecule has 2 amide bonds. The summed E-state index contributed by atoms with van der Waals surface area (Å²) in [7, 11) is 0. The van der Waals surface area contributed by atoms with Crippen LogP contribution in [0.25, 0.3) is 0 Å². The van der Waals surface area contributed by atoms with Gasteiger partial charge in [-0.25, -0.2) is 0 Å². The summed E-state index contributed by atoms with van der Waals surface area (Å²) in [5, 5.41) is 3.05. The zero-order chi connectivity index (χ0) is 20.2. The van der Waals surface area contributed by atoms with Crippen molar-refractivity contribution in [2.45, 2.75) is 25.7 Å². The first kappa shape index (κ1) is 18.9. The molecule has 4 rings (SSSR count). The van der Waals surface area contributed by atoms with Crippen LogP contribution >= 0.6 is 0 Å². The molecule has 5 heteroatoms. The lowest BCUT2D eigenvalue weighted by Crippen LogP contribution is -2.26. The van der Waals surface area contributed by atoms with E-state index in [9.17, 15) is 9.59 Å². The number of nitrogens with one attached hydrogen (secondary N) is 1. The normalized spacial score (nSPS) is 13.6. The molecule has 2 aromatic carbocycles. The molecule has 3 aromatic rings. The SMILES string of the molecule is CC(=O)N1CCc2ccc(NC(=O)C(Cc3cccnc3)c3ccccc3)cc21. The molecular weight excluding hydrogens is 362 g/mol. The van der Waals surface area contributed by atoms with E-state index in [1.807, 2.05) is 60.7 Å². The van der Waals surface area contributed by atoms with Crippen molar-refractivity contribution in [2.24, 2.45) is 0 Å². The quantitative estimate of drug-likeness (QED) is 0.723. The van der Waals surface area contributed by atoms with Gasteiger partial charge in [-0.05, 0) is 47.7 Å². The average Bonchev–Trinajstić information content (AvgIpc) is 3.17. The number of fused-ring (bicyclic) bond motifs is 1. The number of benzene rings is 2. The predicted molar refractivity (Wildman–Crippen MR) is 114 cm³/mol. The van der Waals surface area contributed by atoms with E-state index in [1.54, 1.807) is 24.2 Å². The maximum Gasteiger partial charge on any atom is 0.232 e. The van der Waals surface area contributed by atoms with Gasteiger partial charge in [-0.1, -0.05) is 42.5 Å². The summed E-state index contributed by atoms with van der Waals surface area (Å²) in [6, 6.07) is 19.4. The summed E-state index contributed by atoms with van der Waals surface area (Å²) in [5.41, 5.74) is 4.69. The first-order chi connectivity index (χ1) is 14.1. The first-order valence-corrected chi connectivity index (χ1v) is 9.77. The van der Waals surface area contributed by atoms with Gasteiger partial charge in [-0.15, -0.1) is 0 Å². The zero-order valence-electron chi connectivity index (χ0n) is 16.3. The van der Waals surface area contributed by atoms with Crippen molar-refractivity contribution in [1.29, 1.82) is 0 Å². The van der Waals surface area contributed by atoms with Crippen LogP contribution in [0.5, 0.6) is 0 Å². The van der Waals surface area contributed by atoms with Crippen LogP contribution in [-0.4, -0.2) is 23.3 Å². The monoisotopic (exact) mass is 385 g/mol. The maximum absolute atomic E-state index is 13.2. The topological polar surface area (TPSA) is 62.3 Å². The van der Waals surface area contributed by atoms with Crippen LogP contribution < -0.4 is 10.2 Å². The molecule has 1 aliphatic heterocycles. The Hall–Kier alpha value is -3.47. The highest BCUT2D eigenvalue weighted by Gasteiger charge is 2.24. The van der Waals surface area contributed by atoms with E-state index in [-0.39, 0.29) is 17.7 Å². The number of anilines is 2. The third-order valence-electron chi connectivity index (χ3n) is 5.31. The Morgan fingerprint density at radius 2 is 1.93 bits per heavy atom. The van der Waals surface area contributed by atoms with E-state index in [1.165, 1.54) is 0 Å². The van der Waals surface area contributed by atoms with E-state index in [0.717, 1.165) is 28.8 Å². The summed E-state index contributed by atoms with van der Waals surface area (Å²) in [6.07, 6.45) is 4.93. The summed E-state index contributed by atoms with van der Waals surface area (Å²) < 4.78 is 0. The van der Waals surface area contributed by atoms with Crippen LogP contribution in [0.4, 0.5) is 11.4 Å². The first-order valence-electron chi connectivity index (χ1n) is 9.77. The van der Waals surface area contributed by atoms with E-state index in [0.29, 0.717) is 18.7 Å². The molecule has 0 saturated heterocycles. The summed E-state index contributed by atoms with van der Waals surface area (Å²) in [4.78, 5) is 31.0. The van der Waals surface area contributed by atoms with E-state index >= 15 is 0 Å². The smallest absolute Gasteiger partial charge is 0.232 e. The summed E-state index contributed by atoms with van der Waals surface area (Å²) in [5.74, 6) is -0.393. The average molecular weight is 385 g/mol. The van der Waals surface area contributed by atoms with Crippen LogP contribution in [0.3, 0.4) is 0 Å². The van der Waals surface area contributed by atoms with Crippen LogP contribution in [0.15, 0.2) is 73.1 Å². The van der Waals surface area contributed by atoms with Gasteiger partial charge in [0.1, 0.15) is 0 Å². The van der Waals surface area contributed by atoms with E-state index in [2.05, 4.69) is 10.3 Å². The lowest BCUT2D eigenvalue weighted by molar-refractivity contribution is -0.118. The second-order valence-electron chi connectivity index (χ2n) is 7.28. The van der Waals surface area contributed by atoms with Gasteiger partial charge in [0, 0.05) is 37.2 Å². The van der Waals surface area contributed by atoms with Crippen LogP contribution in [0, 0.1) is 0 Å². The fourth-order valence-corrected chi connectivity index (χ4v) is 3.82. The molecule has 0 radical (unpaired) electrons. The van der Waals surface area contributed by atoms with Crippen molar-refractivity contribution >= 4 is 23.2 Å². The Bertz CT molecular complexity index is 1020. The van der Waals surface area contributed by atoms with Gasteiger partial charge in [0.15, 0.2) is 0 Å². The molecule has 0 bridgehead atoms. The third kappa shape index (κ3) is 4.19. The van der Waals surface area contributed by atoms with Gasteiger partial charge in [0.05, 0.1) is 5.92 Å². The maximum atomic E-state index is 13.2. The molecule has 0 fully saturated rings. The van der Waals surface area contributed by atoms with E-state index < -0.39 is 0 Å². The molecule has 146 valence electrons. The molecule has 1 unspecified atom stereocenters. The van der Waals surface area contributed by atoms with Crippen LogP contribution in [0.2, 0.25) is 0 Å². The van der Waals surface area contributed by atoms with Crippen molar-refractivity contribution in [3.05, 3.63) is 89.7 Å². The van der Waals surface area contributed by atoms with Crippen molar-refractivity contribution in [2.75, 3.05) is 16.8 Å². The number of pyridine rings is 1. The van der Waals surface area contributed by atoms with Crippen molar-refractivity contribution < 1.29 is 9.59 Å². The van der Waals surface area contributed by atoms with Crippen LogP contribution in [0.1, 0.15) is 29.5 Å². The Kier molecular flexibility index (Phi) is 5.38. The zero-order valence-corrected chi connectivity index (χ0v) is 16.3. The Morgan fingerprint density at radius 3 is 2.66 bits per heavy atom. The number of carbonyl (C=O) groups is 2. The minimum absolute atomic E-state index is 0.0194. The molecule has 0 spiro atoms. The largest absolute Gasteiger partial charge is 0.325 e. The van der Waals surface area contributed by atoms with Crippen LogP contribution in [-0.2, 0) is 22.4 Å². The van der Waals surface area contributed by atoms with Crippen molar-refractivity contribution in [3.63, 3.8) is 0 Å². The lowest BCUT2D eigenvalue weighted by Gasteiger charge is -2.19. The number of rotatable bonds is 5. The second-order valence-corrected chi connectivity index (χ2v) is 7.28. The van der Waals surface area contributed by atoms with Gasteiger partial charge in [-0.3, -0.25) is 14.6 Å². The molecule has 1 aromatic heterocycles. The summed E-state index contributed by atoms with van der Waals surface area (Å²) >= 11 is 0. The third-order valence-corrected chi connectivity index (χ3v) is 5.31. The van der Waals surface area contributed by atoms with Crippen molar-refractivity contribution in [3.8, 4) is 0 Å². The van der Waals surface area contributed by atoms with Crippen molar-refractivity contribution in [1.82, 2.24) is 4.98 Å². The fraction of sp³-hybridized carbons (Fsp3) is 0.208. The number of amides is 2. The number of aromatic nitrogens is 1. The molecule has 1 atom stereocenters. The minimum atomic E-state index is -0.336. The molecule has 1 N–H and O–H groups in total. The lowest BCUT2D eigenvalue weighted by atomic mass is 9.91. The number of hydrogen-bond acceptors (Lipinski definition) is 3. The van der Waals surface area contributed by atoms with Gasteiger partial charge >= 0.3 is 0 Å².